The molecular weight excluding hydrogens is 324 g/mol. The number of carbonyl (C=O) groups is 2. The van der Waals surface area contributed by atoms with Gasteiger partial charge in [-0.1, -0.05) is 0 Å². The van der Waals surface area contributed by atoms with E-state index in [4.69, 9.17) is 0 Å². The second kappa shape index (κ2) is 4.82. The lowest BCUT2D eigenvalue weighted by Crippen LogP contribution is -2.31. The number of likely N-dealkylation sites (N-methyl/N-ethyl adjacent to an activating group) is 1. The smallest absolute Gasteiger partial charge is 0.251 e. The Morgan fingerprint density at radius 3 is 2.90 bits per heavy atom. The summed E-state index contributed by atoms with van der Waals surface area (Å²) in [5.41, 5.74) is 2.09. The van der Waals surface area contributed by atoms with Crippen LogP contribution in [0.1, 0.15) is 6.42 Å². The highest BCUT2D eigenvalue weighted by atomic mass is 79.9. The van der Waals surface area contributed by atoms with Crippen LogP contribution in [0, 0.1) is 0 Å². The van der Waals surface area contributed by atoms with Gasteiger partial charge >= 0.3 is 0 Å². The molecule has 7 heteroatoms. The summed E-state index contributed by atoms with van der Waals surface area (Å²) in [4.78, 5) is 33.1. The number of rotatable bonds is 2. The van der Waals surface area contributed by atoms with E-state index in [2.05, 4.69) is 31.2 Å². The molecule has 2 aromatic heterocycles. The number of nitrogens with one attached hydrogen (secondary N) is 1. The minimum atomic E-state index is -0.538. The molecule has 3 heterocycles. The van der Waals surface area contributed by atoms with Gasteiger partial charge in [0.15, 0.2) is 0 Å². The third kappa shape index (κ3) is 2.14. The van der Waals surface area contributed by atoms with Crippen LogP contribution in [0.5, 0.6) is 0 Å². The Bertz CT molecular complexity index is 719. The fourth-order valence-corrected chi connectivity index (χ4v) is 2.50. The van der Waals surface area contributed by atoms with E-state index in [0.717, 1.165) is 14.9 Å². The highest BCUT2D eigenvalue weighted by Crippen LogP contribution is 2.24. The van der Waals surface area contributed by atoms with Crippen LogP contribution in [0.3, 0.4) is 0 Å². The van der Waals surface area contributed by atoms with Crippen LogP contribution in [0.4, 0.5) is 5.69 Å². The van der Waals surface area contributed by atoms with Crippen molar-refractivity contribution >= 4 is 44.5 Å². The van der Waals surface area contributed by atoms with Gasteiger partial charge in [0.2, 0.25) is 5.91 Å². The molecule has 20 heavy (non-hydrogen) atoms. The molecule has 0 aromatic carbocycles. The molecule has 1 N–H and O–H groups in total. The molecule has 2 aromatic rings. The average Bonchev–Trinajstić information content (AvgIpc) is 2.66. The highest BCUT2D eigenvalue weighted by molar-refractivity contribution is 9.10. The van der Waals surface area contributed by atoms with Crippen LogP contribution in [0.25, 0.3) is 11.0 Å². The van der Waals surface area contributed by atoms with Crippen molar-refractivity contribution in [3.63, 3.8) is 0 Å². The lowest BCUT2D eigenvalue weighted by atomic mass is 10.2. The number of imide groups is 1. The van der Waals surface area contributed by atoms with Gasteiger partial charge in [0.05, 0.1) is 17.6 Å². The van der Waals surface area contributed by atoms with Gasteiger partial charge in [0.1, 0.15) is 11.6 Å². The molecule has 0 aliphatic carbocycles. The van der Waals surface area contributed by atoms with E-state index >= 15 is 0 Å². The molecule has 1 atom stereocenters. The van der Waals surface area contributed by atoms with Crippen molar-refractivity contribution in [2.24, 2.45) is 0 Å². The number of nitrogens with zero attached hydrogens (tertiary/aromatic N) is 3. The van der Waals surface area contributed by atoms with Gasteiger partial charge in [-0.05, 0) is 28.1 Å². The minimum absolute atomic E-state index is 0.162. The number of amides is 2. The summed E-state index contributed by atoms with van der Waals surface area (Å²) in [5, 5.41) is 3.08. The molecule has 0 spiro atoms. The van der Waals surface area contributed by atoms with Crippen LogP contribution in [0.15, 0.2) is 29.0 Å². The van der Waals surface area contributed by atoms with E-state index in [1.54, 1.807) is 18.5 Å². The molecule has 6 nitrogen and oxygen atoms in total. The Kier molecular flexibility index (Phi) is 3.13. The van der Waals surface area contributed by atoms with E-state index < -0.39 is 6.04 Å². The summed E-state index contributed by atoms with van der Waals surface area (Å²) in [6.45, 7) is 0. The predicted octanol–water partition coefficient (Wildman–Crippen LogP) is 1.56. The quantitative estimate of drug-likeness (QED) is 0.843. The number of pyridine rings is 2. The van der Waals surface area contributed by atoms with Crippen LogP contribution in [-0.2, 0) is 9.59 Å². The zero-order chi connectivity index (χ0) is 14.3. The number of hydrogen-bond acceptors (Lipinski definition) is 5. The van der Waals surface area contributed by atoms with Crippen molar-refractivity contribution in [2.45, 2.75) is 12.5 Å². The van der Waals surface area contributed by atoms with Crippen molar-refractivity contribution in [3.8, 4) is 0 Å². The molecule has 1 saturated heterocycles. The molecule has 1 aliphatic heterocycles. The molecule has 0 bridgehead atoms. The van der Waals surface area contributed by atoms with Crippen molar-refractivity contribution in [3.05, 3.63) is 29.0 Å². The van der Waals surface area contributed by atoms with Crippen molar-refractivity contribution in [1.29, 1.82) is 0 Å². The second-order valence-corrected chi connectivity index (χ2v) is 5.49. The summed E-state index contributed by atoms with van der Waals surface area (Å²) >= 11 is 3.34. The molecule has 0 radical (unpaired) electrons. The minimum Gasteiger partial charge on any atom is -0.371 e. The van der Waals surface area contributed by atoms with Crippen molar-refractivity contribution in [1.82, 2.24) is 14.9 Å². The molecular formula is C13H11BrN4O2. The fraction of sp³-hybridized carbons (Fsp3) is 0.231. The van der Waals surface area contributed by atoms with E-state index in [1.807, 2.05) is 6.07 Å². The Balaban J connectivity index is 1.96. The zero-order valence-corrected chi connectivity index (χ0v) is 12.2. The third-order valence-electron chi connectivity index (χ3n) is 3.26. The Morgan fingerprint density at radius 1 is 1.40 bits per heavy atom. The topological polar surface area (TPSA) is 75.2 Å². The second-order valence-electron chi connectivity index (χ2n) is 4.57. The lowest BCUT2D eigenvalue weighted by Gasteiger charge is -2.13. The van der Waals surface area contributed by atoms with E-state index in [0.29, 0.717) is 11.2 Å². The molecule has 3 rings (SSSR count). The number of aromatic nitrogens is 2. The SMILES string of the molecule is CN1C(=O)CC(Nc2ccnc3cc(Br)cnc23)C1=O. The summed E-state index contributed by atoms with van der Waals surface area (Å²) in [6.07, 6.45) is 3.47. The summed E-state index contributed by atoms with van der Waals surface area (Å²) in [5.74, 6) is -0.404. The monoisotopic (exact) mass is 334 g/mol. The maximum absolute atomic E-state index is 11.9. The standard InChI is InChI=1S/C13H11BrN4O2/c1-18-11(19)5-10(13(18)20)17-8-2-3-15-9-4-7(14)6-16-12(8)9/h2-4,6,10H,5H2,1H3,(H,15,17). The van der Waals surface area contributed by atoms with E-state index in [9.17, 15) is 9.59 Å². The highest BCUT2D eigenvalue weighted by Gasteiger charge is 2.36. The Morgan fingerprint density at radius 2 is 2.20 bits per heavy atom. The first-order valence-electron chi connectivity index (χ1n) is 6.03. The maximum atomic E-state index is 11.9. The van der Waals surface area contributed by atoms with Crippen LogP contribution in [-0.4, -0.2) is 39.8 Å². The molecule has 0 saturated carbocycles. The Hall–Kier alpha value is -2.02. The average molecular weight is 335 g/mol. The number of fused-ring (bicyclic) bond motifs is 1. The largest absolute Gasteiger partial charge is 0.371 e. The molecule has 2 amide bonds. The number of carbonyl (C=O) groups excluding carboxylic acids is 2. The maximum Gasteiger partial charge on any atom is 0.251 e. The summed E-state index contributed by atoms with van der Waals surface area (Å²) in [7, 11) is 1.49. The van der Waals surface area contributed by atoms with Gasteiger partial charge in [-0.25, -0.2) is 0 Å². The lowest BCUT2D eigenvalue weighted by molar-refractivity contribution is -0.136. The first kappa shape index (κ1) is 13.0. The molecule has 102 valence electrons. The normalized spacial score (nSPS) is 18.9. The van der Waals surface area contributed by atoms with Crippen LogP contribution in [0.2, 0.25) is 0 Å². The summed E-state index contributed by atoms with van der Waals surface area (Å²) < 4.78 is 0.835. The van der Waals surface area contributed by atoms with Gasteiger partial charge in [0.25, 0.3) is 5.91 Å². The first-order chi connectivity index (χ1) is 9.56. The number of likely N-dealkylation sites (tertiary alicyclic amines) is 1. The van der Waals surface area contributed by atoms with Crippen LogP contribution < -0.4 is 5.32 Å². The number of halogens is 1. The summed E-state index contributed by atoms with van der Waals surface area (Å²) in [6, 6.07) is 3.06. The molecule has 1 fully saturated rings. The number of hydrogen-bond donors (Lipinski definition) is 1. The van der Waals surface area contributed by atoms with Crippen LogP contribution >= 0.6 is 15.9 Å². The van der Waals surface area contributed by atoms with Gasteiger partial charge in [-0.3, -0.25) is 24.5 Å². The van der Waals surface area contributed by atoms with Gasteiger partial charge < -0.3 is 5.32 Å². The van der Waals surface area contributed by atoms with Gasteiger partial charge in [0, 0.05) is 23.9 Å². The molecule has 1 unspecified atom stereocenters. The van der Waals surface area contributed by atoms with Crippen molar-refractivity contribution in [2.75, 3.05) is 12.4 Å². The Labute approximate surface area is 123 Å². The number of anilines is 1. The van der Waals surface area contributed by atoms with Gasteiger partial charge in [-0.15, -0.1) is 0 Å². The van der Waals surface area contributed by atoms with E-state index in [1.165, 1.54) is 7.05 Å². The van der Waals surface area contributed by atoms with Crippen molar-refractivity contribution < 1.29 is 9.59 Å². The third-order valence-corrected chi connectivity index (χ3v) is 3.69. The molecule has 1 aliphatic rings. The zero-order valence-electron chi connectivity index (χ0n) is 10.6. The van der Waals surface area contributed by atoms with Gasteiger partial charge in [-0.2, -0.15) is 0 Å². The first-order valence-corrected chi connectivity index (χ1v) is 6.83. The predicted molar refractivity (Wildman–Crippen MR) is 77.0 cm³/mol. The fourth-order valence-electron chi connectivity index (χ4n) is 2.18. The van der Waals surface area contributed by atoms with E-state index in [-0.39, 0.29) is 18.2 Å².